The smallest absolute Gasteiger partial charge is 0.244 e. The summed E-state index contributed by atoms with van der Waals surface area (Å²) in [4.78, 5) is 11.8. The highest BCUT2D eigenvalue weighted by atomic mass is 16.5. The van der Waals surface area contributed by atoms with E-state index in [1.807, 2.05) is 55.5 Å². The molecule has 4 heteroatoms. The second kappa shape index (κ2) is 8.54. The molecule has 1 N–H and O–H groups in total. The van der Waals surface area contributed by atoms with Gasteiger partial charge in [0.15, 0.2) is 0 Å². The summed E-state index contributed by atoms with van der Waals surface area (Å²) in [7, 11) is 0. The maximum atomic E-state index is 11.8. The molecule has 0 heterocycles. The Kier molecular flexibility index (Phi) is 6.12. The molecule has 0 saturated carbocycles. The van der Waals surface area contributed by atoms with Crippen LogP contribution >= 0.6 is 0 Å². The molecule has 0 spiro atoms. The first kappa shape index (κ1) is 16.5. The van der Waals surface area contributed by atoms with Gasteiger partial charge in [-0.1, -0.05) is 42.5 Å². The molecule has 23 heavy (non-hydrogen) atoms. The van der Waals surface area contributed by atoms with E-state index >= 15 is 0 Å². The minimum atomic E-state index is -0.143. The lowest BCUT2D eigenvalue weighted by atomic mass is 10.1. The van der Waals surface area contributed by atoms with Gasteiger partial charge in [-0.3, -0.25) is 4.79 Å². The van der Waals surface area contributed by atoms with Crippen LogP contribution in [-0.4, -0.2) is 18.7 Å². The lowest BCUT2D eigenvalue weighted by molar-refractivity contribution is -0.120. The maximum Gasteiger partial charge on any atom is 0.244 e. The average molecular weight is 308 g/mol. The fourth-order valence-electron chi connectivity index (χ4n) is 1.91. The molecule has 0 radical (unpaired) electrons. The third-order valence-corrected chi connectivity index (χ3v) is 3.14. The lowest BCUT2D eigenvalue weighted by Crippen LogP contribution is -2.19. The molecule has 0 aliphatic heterocycles. The molecule has 1 amide bonds. The molecule has 0 aliphatic carbocycles. The van der Waals surface area contributed by atoms with Crippen molar-refractivity contribution in [3.8, 4) is 5.75 Å². The normalized spacial score (nSPS) is 10.5. The Balaban J connectivity index is 1.82. The zero-order valence-electron chi connectivity index (χ0n) is 13.2. The van der Waals surface area contributed by atoms with Crippen LogP contribution < -0.4 is 10.2 Å². The van der Waals surface area contributed by atoms with E-state index in [2.05, 4.69) is 17.1 Å². The van der Waals surface area contributed by atoms with Crippen LogP contribution in [0.1, 0.15) is 16.7 Å². The SMILES string of the molecule is C=CCOc1ccc(/C=N\NC(=O)Cc2ccc(C)cc2)cc1. The molecule has 2 aromatic carbocycles. The third kappa shape index (κ3) is 5.79. The van der Waals surface area contributed by atoms with Crippen LogP contribution in [0.3, 0.4) is 0 Å². The second-order valence-corrected chi connectivity index (χ2v) is 5.12. The fourth-order valence-corrected chi connectivity index (χ4v) is 1.91. The topological polar surface area (TPSA) is 50.7 Å². The van der Waals surface area contributed by atoms with E-state index in [0.717, 1.165) is 16.9 Å². The van der Waals surface area contributed by atoms with E-state index in [-0.39, 0.29) is 5.91 Å². The highest BCUT2D eigenvalue weighted by molar-refractivity contribution is 5.83. The van der Waals surface area contributed by atoms with Crippen molar-refractivity contribution in [2.24, 2.45) is 5.10 Å². The van der Waals surface area contributed by atoms with Gasteiger partial charge in [-0.25, -0.2) is 5.43 Å². The molecule has 0 aromatic heterocycles. The first-order valence-electron chi connectivity index (χ1n) is 7.38. The van der Waals surface area contributed by atoms with E-state index in [1.54, 1.807) is 12.3 Å². The van der Waals surface area contributed by atoms with E-state index in [0.29, 0.717) is 13.0 Å². The molecular weight excluding hydrogens is 288 g/mol. The lowest BCUT2D eigenvalue weighted by Gasteiger charge is -2.03. The molecule has 0 aliphatic rings. The van der Waals surface area contributed by atoms with Gasteiger partial charge in [0.2, 0.25) is 5.91 Å². The number of aryl methyl sites for hydroxylation is 1. The van der Waals surface area contributed by atoms with Gasteiger partial charge in [0, 0.05) is 0 Å². The first-order chi connectivity index (χ1) is 11.2. The number of benzene rings is 2. The van der Waals surface area contributed by atoms with Gasteiger partial charge < -0.3 is 4.74 Å². The van der Waals surface area contributed by atoms with Crippen molar-refractivity contribution in [2.45, 2.75) is 13.3 Å². The predicted molar refractivity (Wildman–Crippen MR) is 92.8 cm³/mol. The molecule has 4 nitrogen and oxygen atoms in total. The Morgan fingerprint density at radius 1 is 1.17 bits per heavy atom. The van der Waals surface area contributed by atoms with Crippen LogP contribution in [0.5, 0.6) is 5.75 Å². The van der Waals surface area contributed by atoms with Gasteiger partial charge >= 0.3 is 0 Å². The number of carbonyl (C=O) groups excluding carboxylic acids is 1. The van der Waals surface area contributed by atoms with Gasteiger partial charge in [0.1, 0.15) is 12.4 Å². The number of nitrogens with zero attached hydrogens (tertiary/aromatic N) is 1. The van der Waals surface area contributed by atoms with E-state index in [4.69, 9.17) is 4.74 Å². The summed E-state index contributed by atoms with van der Waals surface area (Å²) in [6.45, 7) is 6.09. The quantitative estimate of drug-likeness (QED) is 0.485. The van der Waals surface area contributed by atoms with E-state index < -0.39 is 0 Å². The standard InChI is InChI=1S/C19H20N2O2/c1-3-12-23-18-10-8-17(9-11-18)14-20-21-19(22)13-16-6-4-15(2)5-7-16/h3-11,14H,1,12-13H2,2H3,(H,21,22)/b20-14-. The summed E-state index contributed by atoms with van der Waals surface area (Å²) in [5, 5.41) is 3.97. The van der Waals surface area contributed by atoms with Crippen molar-refractivity contribution >= 4 is 12.1 Å². The summed E-state index contributed by atoms with van der Waals surface area (Å²) in [5.74, 6) is 0.626. The van der Waals surface area contributed by atoms with Gasteiger partial charge in [0.05, 0.1) is 12.6 Å². The molecule has 0 fully saturated rings. The number of hydrogen-bond acceptors (Lipinski definition) is 3. The van der Waals surface area contributed by atoms with Crippen LogP contribution in [-0.2, 0) is 11.2 Å². The molecule has 0 unspecified atom stereocenters. The number of ether oxygens (including phenoxy) is 1. The van der Waals surface area contributed by atoms with Crippen LogP contribution in [0.25, 0.3) is 0 Å². The Morgan fingerprint density at radius 2 is 1.87 bits per heavy atom. The first-order valence-corrected chi connectivity index (χ1v) is 7.38. The van der Waals surface area contributed by atoms with Crippen LogP contribution in [0.2, 0.25) is 0 Å². The summed E-state index contributed by atoms with van der Waals surface area (Å²) >= 11 is 0. The monoisotopic (exact) mass is 308 g/mol. The second-order valence-electron chi connectivity index (χ2n) is 5.12. The zero-order valence-corrected chi connectivity index (χ0v) is 13.2. The number of amides is 1. The predicted octanol–water partition coefficient (Wildman–Crippen LogP) is 3.25. The minimum Gasteiger partial charge on any atom is -0.490 e. The van der Waals surface area contributed by atoms with Crippen molar-refractivity contribution in [2.75, 3.05) is 6.61 Å². The summed E-state index contributed by atoms with van der Waals surface area (Å²) < 4.78 is 5.40. The summed E-state index contributed by atoms with van der Waals surface area (Å²) in [6.07, 6.45) is 3.61. The highest BCUT2D eigenvalue weighted by Gasteiger charge is 2.01. The van der Waals surface area contributed by atoms with Gasteiger partial charge in [0.25, 0.3) is 0 Å². The number of carbonyl (C=O) groups is 1. The van der Waals surface area contributed by atoms with E-state index in [1.165, 1.54) is 5.56 Å². The van der Waals surface area contributed by atoms with Crippen molar-refractivity contribution in [3.63, 3.8) is 0 Å². The maximum absolute atomic E-state index is 11.8. The Morgan fingerprint density at radius 3 is 2.52 bits per heavy atom. The van der Waals surface area contributed by atoms with Crippen LogP contribution in [0.15, 0.2) is 66.3 Å². The molecule has 0 bridgehead atoms. The fraction of sp³-hybridized carbons (Fsp3) is 0.158. The van der Waals surface area contributed by atoms with E-state index in [9.17, 15) is 4.79 Å². The molecular formula is C19H20N2O2. The van der Waals surface area contributed by atoms with Crippen molar-refractivity contribution in [3.05, 3.63) is 77.9 Å². The number of rotatable bonds is 7. The number of hydrazone groups is 1. The highest BCUT2D eigenvalue weighted by Crippen LogP contribution is 2.10. The molecule has 2 rings (SSSR count). The van der Waals surface area contributed by atoms with Crippen LogP contribution in [0, 0.1) is 6.92 Å². The molecule has 2 aromatic rings. The van der Waals surface area contributed by atoms with Crippen molar-refractivity contribution < 1.29 is 9.53 Å². The minimum absolute atomic E-state index is 0.143. The van der Waals surface area contributed by atoms with Crippen LogP contribution in [0.4, 0.5) is 0 Å². The average Bonchev–Trinajstić information content (AvgIpc) is 2.56. The van der Waals surface area contributed by atoms with Gasteiger partial charge in [-0.05, 0) is 42.3 Å². The molecule has 118 valence electrons. The third-order valence-electron chi connectivity index (χ3n) is 3.14. The Bertz CT molecular complexity index is 674. The van der Waals surface area contributed by atoms with Crippen molar-refractivity contribution in [1.29, 1.82) is 0 Å². The largest absolute Gasteiger partial charge is 0.490 e. The summed E-state index contributed by atoms with van der Waals surface area (Å²) in [6, 6.07) is 15.3. The van der Waals surface area contributed by atoms with Gasteiger partial charge in [-0.2, -0.15) is 5.10 Å². The zero-order chi connectivity index (χ0) is 16.5. The van der Waals surface area contributed by atoms with Crippen molar-refractivity contribution in [1.82, 2.24) is 5.43 Å². The Hall–Kier alpha value is -2.88. The van der Waals surface area contributed by atoms with Gasteiger partial charge in [-0.15, -0.1) is 0 Å². The molecule has 0 saturated heterocycles. The number of hydrogen-bond donors (Lipinski definition) is 1. The molecule has 0 atom stereocenters. The summed E-state index contributed by atoms with van der Waals surface area (Å²) in [5.41, 5.74) is 5.55. The Labute approximate surface area is 136 Å². The number of nitrogens with one attached hydrogen (secondary N) is 1.